The SMILES string of the molecule is O=C1CCC(NC(=O)c2cccc(N(CCCl)CCCl)c2)C(=O)N1. The first kappa shape index (κ1) is 18.5. The summed E-state index contributed by atoms with van der Waals surface area (Å²) in [5.41, 5.74) is 1.28. The van der Waals surface area contributed by atoms with E-state index in [1.54, 1.807) is 18.2 Å². The van der Waals surface area contributed by atoms with E-state index in [1.165, 1.54) is 0 Å². The fourth-order valence-corrected chi connectivity index (χ4v) is 2.90. The van der Waals surface area contributed by atoms with Crippen molar-refractivity contribution >= 4 is 46.6 Å². The molecule has 1 aliphatic rings. The second-order valence-electron chi connectivity index (χ2n) is 5.39. The number of anilines is 1. The molecule has 0 radical (unpaired) electrons. The summed E-state index contributed by atoms with van der Waals surface area (Å²) in [6.07, 6.45) is 0.524. The van der Waals surface area contributed by atoms with Gasteiger partial charge in [0.15, 0.2) is 0 Å². The number of piperidine rings is 1. The number of carbonyl (C=O) groups is 3. The zero-order valence-electron chi connectivity index (χ0n) is 13.1. The molecule has 1 aliphatic heterocycles. The van der Waals surface area contributed by atoms with Crippen LogP contribution < -0.4 is 15.5 Å². The molecule has 3 amide bonds. The second kappa shape index (κ2) is 8.89. The van der Waals surface area contributed by atoms with Gasteiger partial charge in [-0.2, -0.15) is 0 Å². The van der Waals surface area contributed by atoms with Crippen molar-refractivity contribution in [3.05, 3.63) is 29.8 Å². The first-order valence-electron chi connectivity index (χ1n) is 7.66. The summed E-state index contributed by atoms with van der Waals surface area (Å²) < 4.78 is 0. The molecule has 8 heteroatoms. The molecule has 0 aromatic heterocycles. The lowest BCUT2D eigenvalue weighted by Crippen LogP contribution is -2.52. The van der Waals surface area contributed by atoms with Gasteiger partial charge in [0, 0.05) is 42.5 Å². The van der Waals surface area contributed by atoms with Gasteiger partial charge < -0.3 is 10.2 Å². The van der Waals surface area contributed by atoms with Crippen molar-refractivity contribution in [1.29, 1.82) is 0 Å². The molecule has 1 atom stereocenters. The average Bonchev–Trinajstić information content (AvgIpc) is 2.57. The molecule has 1 saturated heterocycles. The Morgan fingerprint density at radius 1 is 1.25 bits per heavy atom. The normalized spacial score (nSPS) is 17.3. The van der Waals surface area contributed by atoms with Gasteiger partial charge in [0.05, 0.1) is 0 Å². The van der Waals surface area contributed by atoms with E-state index >= 15 is 0 Å². The smallest absolute Gasteiger partial charge is 0.252 e. The average molecular weight is 372 g/mol. The van der Waals surface area contributed by atoms with Crippen molar-refractivity contribution in [1.82, 2.24) is 10.6 Å². The Bertz CT molecular complexity index is 618. The lowest BCUT2D eigenvalue weighted by atomic mass is 10.1. The topological polar surface area (TPSA) is 78.5 Å². The summed E-state index contributed by atoms with van der Waals surface area (Å²) >= 11 is 11.6. The van der Waals surface area contributed by atoms with E-state index in [1.807, 2.05) is 11.0 Å². The van der Waals surface area contributed by atoms with Crippen molar-refractivity contribution < 1.29 is 14.4 Å². The Balaban J connectivity index is 2.08. The van der Waals surface area contributed by atoms with E-state index in [9.17, 15) is 14.4 Å². The fourth-order valence-electron chi connectivity index (χ4n) is 2.49. The van der Waals surface area contributed by atoms with Crippen LogP contribution in [-0.2, 0) is 9.59 Å². The second-order valence-corrected chi connectivity index (χ2v) is 6.15. The summed E-state index contributed by atoms with van der Waals surface area (Å²) in [5.74, 6) is -0.248. The van der Waals surface area contributed by atoms with E-state index in [0.29, 0.717) is 36.8 Å². The number of benzene rings is 1. The van der Waals surface area contributed by atoms with Gasteiger partial charge in [-0.05, 0) is 24.6 Å². The molecule has 1 heterocycles. The first-order valence-corrected chi connectivity index (χ1v) is 8.73. The zero-order chi connectivity index (χ0) is 17.5. The number of amides is 3. The zero-order valence-corrected chi connectivity index (χ0v) is 14.6. The highest BCUT2D eigenvalue weighted by Crippen LogP contribution is 2.17. The van der Waals surface area contributed by atoms with Crippen LogP contribution in [0.4, 0.5) is 5.69 Å². The van der Waals surface area contributed by atoms with Crippen molar-refractivity contribution in [2.24, 2.45) is 0 Å². The van der Waals surface area contributed by atoms with Crippen molar-refractivity contribution in [2.75, 3.05) is 29.7 Å². The minimum absolute atomic E-state index is 0.218. The van der Waals surface area contributed by atoms with E-state index in [-0.39, 0.29) is 18.2 Å². The van der Waals surface area contributed by atoms with Gasteiger partial charge >= 0.3 is 0 Å². The van der Waals surface area contributed by atoms with Crippen molar-refractivity contribution in [3.8, 4) is 0 Å². The molecular formula is C16H19Cl2N3O3. The standard InChI is InChI=1S/C16H19Cl2N3O3/c17-6-8-21(9-7-18)12-3-1-2-11(10-12)15(23)19-13-4-5-14(22)20-16(13)24/h1-3,10,13H,4-9H2,(H,19,23)(H,20,22,24). The minimum Gasteiger partial charge on any atom is -0.369 e. The van der Waals surface area contributed by atoms with Crippen LogP contribution in [0.2, 0.25) is 0 Å². The molecule has 1 unspecified atom stereocenters. The lowest BCUT2D eigenvalue weighted by molar-refractivity contribution is -0.134. The Hall–Kier alpha value is -1.79. The third-order valence-electron chi connectivity index (χ3n) is 3.73. The number of hydrogen-bond donors (Lipinski definition) is 2. The molecule has 2 rings (SSSR count). The number of halogens is 2. The van der Waals surface area contributed by atoms with Gasteiger partial charge in [0.2, 0.25) is 11.8 Å². The summed E-state index contributed by atoms with van der Waals surface area (Å²) in [4.78, 5) is 37.3. The maximum absolute atomic E-state index is 12.4. The summed E-state index contributed by atoms with van der Waals surface area (Å²) in [6.45, 7) is 1.24. The van der Waals surface area contributed by atoms with Gasteiger partial charge in [-0.15, -0.1) is 23.2 Å². The molecule has 130 valence electrons. The number of nitrogens with zero attached hydrogens (tertiary/aromatic N) is 1. The molecular weight excluding hydrogens is 353 g/mol. The molecule has 0 spiro atoms. The Labute approximate surface area is 150 Å². The van der Waals surface area contributed by atoms with Crippen LogP contribution in [0.1, 0.15) is 23.2 Å². The largest absolute Gasteiger partial charge is 0.369 e. The molecule has 24 heavy (non-hydrogen) atoms. The quantitative estimate of drug-likeness (QED) is 0.562. The van der Waals surface area contributed by atoms with E-state index in [2.05, 4.69) is 10.6 Å². The maximum atomic E-state index is 12.4. The number of hydrogen-bond acceptors (Lipinski definition) is 4. The lowest BCUT2D eigenvalue weighted by Gasteiger charge is -2.24. The van der Waals surface area contributed by atoms with Crippen molar-refractivity contribution in [3.63, 3.8) is 0 Å². The van der Waals surface area contributed by atoms with Crippen LogP contribution in [0, 0.1) is 0 Å². The summed E-state index contributed by atoms with van der Waals surface area (Å²) in [5, 5.41) is 4.88. The molecule has 0 bridgehead atoms. The highest BCUT2D eigenvalue weighted by molar-refractivity contribution is 6.18. The highest BCUT2D eigenvalue weighted by Gasteiger charge is 2.28. The summed E-state index contributed by atoms with van der Waals surface area (Å²) in [6, 6.07) is 6.36. The van der Waals surface area contributed by atoms with Gasteiger partial charge in [0.25, 0.3) is 5.91 Å². The van der Waals surface area contributed by atoms with Crippen LogP contribution in [0.3, 0.4) is 0 Å². The Morgan fingerprint density at radius 2 is 1.96 bits per heavy atom. The van der Waals surface area contributed by atoms with Crippen LogP contribution in [-0.4, -0.2) is 48.6 Å². The number of rotatable bonds is 7. The van der Waals surface area contributed by atoms with E-state index in [0.717, 1.165) is 5.69 Å². The molecule has 6 nitrogen and oxygen atoms in total. The van der Waals surface area contributed by atoms with Crippen LogP contribution in [0.25, 0.3) is 0 Å². The molecule has 2 N–H and O–H groups in total. The highest BCUT2D eigenvalue weighted by atomic mass is 35.5. The molecule has 0 saturated carbocycles. The Morgan fingerprint density at radius 3 is 2.58 bits per heavy atom. The maximum Gasteiger partial charge on any atom is 0.252 e. The third kappa shape index (κ3) is 4.85. The van der Waals surface area contributed by atoms with E-state index in [4.69, 9.17) is 23.2 Å². The molecule has 0 aliphatic carbocycles. The predicted octanol–water partition coefficient (Wildman–Crippen LogP) is 1.51. The fraction of sp³-hybridized carbons (Fsp3) is 0.438. The van der Waals surface area contributed by atoms with Crippen LogP contribution in [0.15, 0.2) is 24.3 Å². The summed E-state index contributed by atoms with van der Waals surface area (Å²) in [7, 11) is 0. The number of carbonyl (C=O) groups excluding carboxylic acids is 3. The molecule has 1 aromatic carbocycles. The Kier molecular flexibility index (Phi) is 6.87. The minimum atomic E-state index is -0.694. The van der Waals surface area contributed by atoms with Gasteiger partial charge in [-0.3, -0.25) is 19.7 Å². The van der Waals surface area contributed by atoms with Gasteiger partial charge in [0.1, 0.15) is 6.04 Å². The number of nitrogens with one attached hydrogen (secondary N) is 2. The first-order chi connectivity index (χ1) is 11.5. The number of imide groups is 1. The number of alkyl halides is 2. The van der Waals surface area contributed by atoms with Gasteiger partial charge in [-0.25, -0.2) is 0 Å². The van der Waals surface area contributed by atoms with Crippen molar-refractivity contribution in [2.45, 2.75) is 18.9 Å². The molecule has 1 fully saturated rings. The van der Waals surface area contributed by atoms with Crippen LogP contribution in [0.5, 0.6) is 0 Å². The third-order valence-corrected chi connectivity index (χ3v) is 4.06. The van der Waals surface area contributed by atoms with E-state index < -0.39 is 11.9 Å². The van der Waals surface area contributed by atoms with Crippen LogP contribution >= 0.6 is 23.2 Å². The van der Waals surface area contributed by atoms with Gasteiger partial charge in [-0.1, -0.05) is 6.07 Å². The predicted molar refractivity (Wildman–Crippen MR) is 93.7 cm³/mol. The molecule has 1 aromatic rings. The monoisotopic (exact) mass is 371 g/mol.